The van der Waals surface area contributed by atoms with Crippen molar-refractivity contribution in [3.8, 4) is 0 Å². The molecule has 0 aliphatic carbocycles. The number of amides is 2. The SMILES string of the molecule is CCOC(=O)C1=C(C)N(Cc2ccc(C(=O)NCCN3CCCCC3)cc2)C(=O)CC1c1cccc(C)c1. The molecule has 2 aliphatic heterocycles. The second-order valence-corrected chi connectivity index (χ2v) is 10.2. The van der Waals surface area contributed by atoms with E-state index in [1.807, 2.05) is 50.2 Å². The average Bonchev–Trinajstić information content (AvgIpc) is 2.91. The minimum absolute atomic E-state index is 0.0402. The minimum Gasteiger partial charge on any atom is -0.463 e. The van der Waals surface area contributed by atoms with Gasteiger partial charge in [-0.15, -0.1) is 0 Å². The number of allylic oxidation sites excluding steroid dienone is 1. The van der Waals surface area contributed by atoms with Gasteiger partial charge in [0.1, 0.15) is 0 Å². The summed E-state index contributed by atoms with van der Waals surface area (Å²) in [5.41, 5.74) is 4.65. The molecule has 0 bridgehead atoms. The van der Waals surface area contributed by atoms with Crippen LogP contribution < -0.4 is 5.32 Å². The van der Waals surface area contributed by atoms with Crippen molar-refractivity contribution >= 4 is 17.8 Å². The third-order valence-corrected chi connectivity index (χ3v) is 7.48. The van der Waals surface area contributed by atoms with Crippen molar-refractivity contribution in [3.63, 3.8) is 0 Å². The third-order valence-electron chi connectivity index (χ3n) is 7.48. The maximum absolute atomic E-state index is 13.3. The first-order chi connectivity index (χ1) is 18.4. The molecule has 38 heavy (non-hydrogen) atoms. The Labute approximate surface area is 225 Å². The summed E-state index contributed by atoms with van der Waals surface area (Å²) >= 11 is 0. The molecule has 7 heteroatoms. The number of likely N-dealkylation sites (tertiary alicyclic amines) is 1. The topological polar surface area (TPSA) is 79.0 Å². The number of benzene rings is 2. The van der Waals surface area contributed by atoms with Crippen LogP contribution in [0.2, 0.25) is 0 Å². The zero-order chi connectivity index (χ0) is 27.1. The van der Waals surface area contributed by atoms with E-state index in [0.717, 1.165) is 36.3 Å². The minimum atomic E-state index is -0.384. The van der Waals surface area contributed by atoms with Crippen LogP contribution in [0.5, 0.6) is 0 Å². The lowest BCUT2D eigenvalue weighted by atomic mass is 9.83. The highest BCUT2D eigenvalue weighted by Crippen LogP contribution is 2.38. The van der Waals surface area contributed by atoms with Crippen molar-refractivity contribution in [2.75, 3.05) is 32.8 Å². The Morgan fingerprint density at radius 2 is 1.76 bits per heavy atom. The van der Waals surface area contributed by atoms with Crippen molar-refractivity contribution < 1.29 is 19.1 Å². The van der Waals surface area contributed by atoms with Crippen LogP contribution >= 0.6 is 0 Å². The van der Waals surface area contributed by atoms with Gasteiger partial charge in [0.25, 0.3) is 5.91 Å². The van der Waals surface area contributed by atoms with Gasteiger partial charge in [-0.3, -0.25) is 9.59 Å². The van der Waals surface area contributed by atoms with Crippen molar-refractivity contribution in [2.24, 2.45) is 0 Å². The van der Waals surface area contributed by atoms with E-state index >= 15 is 0 Å². The van der Waals surface area contributed by atoms with Crippen LogP contribution in [-0.2, 0) is 20.9 Å². The lowest BCUT2D eigenvalue weighted by Gasteiger charge is -2.34. The molecule has 202 valence electrons. The Balaban J connectivity index is 1.45. The molecule has 2 aromatic rings. The van der Waals surface area contributed by atoms with Crippen molar-refractivity contribution in [1.82, 2.24) is 15.1 Å². The Morgan fingerprint density at radius 1 is 1.03 bits per heavy atom. The molecule has 2 aromatic carbocycles. The van der Waals surface area contributed by atoms with Crippen molar-refractivity contribution in [1.29, 1.82) is 0 Å². The molecule has 4 rings (SSSR count). The first kappa shape index (κ1) is 27.6. The molecule has 1 unspecified atom stereocenters. The van der Waals surface area contributed by atoms with Gasteiger partial charge in [-0.25, -0.2) is 4.79 Å². The molecule has 1 saturated heterocycles. The second kappa shape index (κ2) is 12.9. The number of aryl methyl sites for hydroxylation is 1. The lowest BCUT2D eigenvalue weighted by molar-refractivity contribution is -0.140. The van der Waals surface area contributed by atoms with E-state index in [2.05, 4.69) is 10.2 Å². The Kier molecular flexibility index (Phi) is 9.34. The molecule has 2 amide bonds. The van der Waals surface area contributed by atoms with Crippen LogP contribution in [0.1, 0.15) is 72.5 Å². The zero-order valence-electron chi connectivity index (χ0n) is 22.8. The van der Waals surface area contributed by atoms with E-state index < -0.39 is 0 Å². The molecule has 7 nitrogen and oxygen atoms in total. The molecule has 2 heterocycles. The van der Waals surface area contributed by atoms with Gasteiger partial charge in [0.05, 0.1) is 18.7 Å². The molecular formula is C31H39N3O4. The van der Waals surface area contributed by atoms with Crippen molar-refractivity contribution in [2.45, 2.75) is 58.9 Å². The number of piperidine rings is 1. The summed E-state index contributed by atoms with van der Waals surface area (Å²) in [4.78, 5) is 43.0. The van der Waals surface area contributed by atoms with Gasteiger partial charge in [-0.2, -0.15) is 0 Å². The van der Waals surface area contributed by atoms with Gasteiger partial charge in [-0.05, 0) is 70.0 Å². The molecule has 1 N–H and O–H groups in total. The highest BCUT2D eigenvalue weighted by atomic mass is 16.5. The standard InChI is InChI=1S/C31H39N3O4/c1-4-38-31(37)29-23(3)34(28(35)20-27(29)26-10-8-9-22(2)19-26)21-24-11-13-25(14-12-24)30(36)32-15-18-33-16-6-5-7-17-33/h8-14,19,27H,4-7,15-18,20-21H2,1-3H3,(H,32,36). The molecule has 1 atom stereocenters. The highest BCUT2D eigenvalue weighted by molar-refractivity contribution is 5.96. The summed E-state index contributed by atoms with van der Waals surface area (Å²) in [6, 6.07) is 15.3. The first-order valence-electron chi connectivity index (χ1n) is 13.7. The summed E-state index contributed by atoms with van der Waals surface area (Å²) in [6.45, 7) is 9.91. The number of hydrogen-bond donors (Lipinski definition) is 1. The van der Waals surface area contributed by atoms with Gasteiger partial charge in [0.15, 0.2) is 0 Å². The summed E-state index contributed by atoms with van der Waals surface area (Å²) in [7, 11) is 0. The van der Waals surface area contributed by atoms with Crippen LogP contribution in [0.25, 0.3) is 0 Å². The van der Waals surface area contributed by atoms with E-state index in [9.17, 15) is 14.4 Å². The number of hydrogen-bond acceptors (Lipinski definition) is 5. The molecule has 0 radical (unpaired) electrons. The van der Waals surface area contributed by atoms with Crippen LogP contribution in [-0.4, -0.2) is 60.4 Å². The van der Waals surface area contributed by atoms with E-state index in [0.29, 0.717) is 29.9 Å². The van der Waals surface area contributed by atoms with Crippen LogP contribution in [0, 0.1) is 6.92 Å². The van der Waals surface area contributed by atoms with E-state index in [1.54, 1.807) is 24.0 Å². The van der Waals surface area contributed by atoms with Gasteiger partial charge in [0, 0.05) is 36.7 Å². The normalized spacial score (nSPS) is 18.4. The third kappa shape index (κ3) is 6.70. The first-order valence-corrected chi connectivity index (χ1v) is 13.7. The summed E-state index contributed by atoms with van der Waals surface area (Å²) < 4.78 is 5.40. The quantitative estimate of drug-likeness (QED) is 0.493. The van der Waals surface area contributed by atoms with Gasteiger partial charge < -0.3 is 19.9 Å². The van der Waals surface area contributed by atoms with E-state index in [1.165, 1.54) is 19.3 Å². The van der Waals surface area contributed by atoms with Crippen LogP contribution in [0.15, 0.2) is 59.8 Å². The second-order valence-electron chi connectivity index (χ2n) is 10.2. The molecule has 2 aliphatic rings. The van der Waals surface area contributed by atoms with E-state index in [-0.39, 0.29) is 36.7 Å². The fourth-order valence-corrected chi connectivity index (χ4v) is 5.41. The van der Waals surface area contributed by atoms with Gasteiger partial charge in [-0.1, -0.05) is 48.4 Å². The molecule has 0 spiro atoms. The van der Waals surface area contributed by atoms with Gasteiger partial charge >= 0.3 is 5.97 Å². The largest absolute Gasteiger partial charge is 0.463 e. The summed E-state index contributed by atoms with van der Waals surface area (Å²) in [5.74, 6) is -0.856. The summed E-state index contributed by atoms with van der Waals surface area (Å²) in [5, 5.41) is 3.01. The predicted octanol–water partition coefficient (Wildman–Crippen LogP) is 4.56. The average molecular weight is 518 g/mol. The van der Waals surface area contributed by atoms with Crippen LogP contribution in [0.3, 0.4) is 0 Å². The number of carbonyl (C=O) groups is 3. The number of ether oxygens (including phenoxy) is 1. The van der Waals surface area contributed by atoms with Crippen molar-refractivity contribution in [3.05, 3.63) is 82.1 Å². The number of carbonyl (C=O) groups excluding carboxylic acids is 3. The smallest absolute Gasteiger partial charge is 0.336 e. The zero-order valence-corrected chi connectivity index (χ0v) is 22.8. The molecule has 1 fully saturated rings. The Hall–Kier alpha value is -3.45. The number of nitrogens with one attached hydrogen (secondary N) is 1. The predicted molar refractivity (Wildman–Crippen MR) is 147 cm³/mol. The fourth-order valence-electron chi connectivity index (χ4n) is 5.41. The molecular weight excluding hydrogens is 478 g/mol. The maximum atomic E-state index is 13.3. The molecule has 0 saturated carbocycles. The number of esters is 1. The maximum Gasteiger partial charge on any atom is 0.336 e. The van der Waals surface area contributed by atoms with Crippen LogP contribution in [0.4, 0.5) is 0 Å². The Bertz CT molecular complexity index is 1180. The number of nitrogens with zero attached hydrogens (tertiary/aromatic N) is 2. The Morgan fingerprint density at radius 3 is 2.45 bits per heavy atom. The number of rotatable bonds is 9. The van der Waals surface area contributed by atoms with E-state index in [4.69, 9.17) is 4.74 Å². The monoisotopic (exact) mass is 517 g/mol. The molecule has 0 aromatic heterocycles. The van der Waals surface area contributed by atoms with Gasteiger partial charge in [0.2, 0.25) is 5.91 Å². The lowest BCUT2D eigenvalue weighted by Crippen LogP contribution is -2.38. The fraction of sp³-hybridized carbons (Fsp3) is 0.452. The summed E-state index contributed by atoms with van der Waals surface area (Å²) in [6.07, 6.45) is 3.96. The highest BCUT2D eigenvalue weighted by Gasteiger charge is 2.36.